The highest BCUT2D eigenvalue weighted by atomic mass is 35.5. The Morgan fingerprint density at radius 1 is 1.09 bits per heavy atom. The van der Waals surface area contributed by atoms with Gasteiger partial charge >= 0.3 is 6.09 Å². The van der Waals surface area contributed by atoms with Crippen LogP contribution >= 0.6 is 11.6 Å². The first-order valence-corrected chi connectivity index (χ1v) is 16.7. The standard InChI is InChI=1S/C35H45ClN4O5/c1-35(2,3)45-34(43)40-28-11-10-23(21-38-12-5-4-6-13-38)17-24(28)18-29(40)26-19-30(32(36)27-20-37-33(42)31(26)27)44-16-8-15-39-14-7-9-25(39)22-41/h10-11,17-19,25,41H,4-9,12-16,20-22H2,1-3H3,(H,37,42). The van der Waals surface area contributed by atoms with Gasteiger partial charge in [0.25, 0.3) is 5.91 Å². The lowest BCUT2D eigenvalue weighted by Gasteiger charge is -2.26. The third kappa shape index (κ3) is 6.87. The number of halogens is 1. The molecular weight excluding hydrogens is 592 g/mol. The Kier molecular flexibility index (Phi) is 9.43. The summed E-state index contributed by atoms with van der Waals surface area (Å²) < 4.78 is 13.7. The highest BCUT2D eigenvalue weighted by Crippen LogP contribution is 2.42. The number of hydrogen-bond donors (Lipinski definition) is 2. The second-order valence-corrected chi connectivity index (χ2v) is 13.9. The third-order valence-electron chi connectivity index (χ3n) is 9.11. The molecule has 0 bridgehead atoms. The van der Waals surface area contributed by atoms with Crippen LogP contribution in [0.25, 0.3) is 22.2 Å². The van der Waals surface area contributed by atoms with E-state index in [4.69, 9.17) is 21.1 Å². The number of carbonyl (C=O) groups excluding carboxylic acids is 2. The number of fused-ring (bicyclic) bond motifs is 2. The maximum absolute atomic E-state index is 13.8. The van der Waals surface area contributed by atoms with Crippen LogP contribution in [0.15, 0.2) is 30.3 Å². The average molecular weight is 637 g/mol. The van der Waals surface area contributed by atoms with Gasteiger partial charge in [0.15, 0.2) is 0 Å². The van der Waals surface area contributed by atoms with Crippen molar-refractivity contribution in [2.45, 2.75) is 84.0 Å². The molecule has 9 nitrogen and oxygen atoms in total. The molecule has 1 amide bonds. The summed E-state index contributed by atoms with van der Waals surface area (Å²) in [6.07, 6.45) is 6.10. The van der Waals surface area contributed by atoms with Crippen LogP contribution in [0.2, 0.25) is 5.02 Å². The number of nitrogens with one attached hydrogen (secondary N) is 1. The summed E-state index contributed by atoms with van der Waals surface area (Å²) in [6, 6.07) is 10.2. The van der Waals surface area contributed by atoms with Gasteiger partial charge in [-0.2, -0.15) is 0 Å². The summed E-state index contributed by atoms with van der Waals surface area (Å²) in [5.41, 5.74) is 3.46. The number of carbonyl (C=O) groups is 2. The molecule has 0 saturated carbocycles. The van der Waals surface area contributed by atoms with Gasteiger partial charge in [-0.25, -0.2) is 9.36 Å². The monoisotopic (exact) mass is 636 g/mol. The molecule has 2 aromatic carbocycles. The van der Waals surface area contributed by atoms with Crippen LogP contribution < -0.4 is 10.1 Å². The molecule has 45 heavy (non-hydrogen) atoms. The van der Waals surface area contributed by atoms with Gasteiger partial charge in [-0.3, -0.25) is 14.6 Å². The minimum absolute atomic E-state index is 0.174. The van der Waals surface area contributed by atoms with Crippen LogP contribution in [0, 0.1) is 0 Å². The minimum Gasteiger partial charge on any atom is -0.492 e. The number of aliphatic hydroxyl groups excluding tert-OH is 1. The zero-order valence-electron chi connectivity index (χ0n) is 26.7. The van der Waals surface area contributed by atoms with E-state index in [1.807, 2.05) is 32.9 Å². The molecule has 2 fully saturated rings. The molecule has 242 valence electrons. The number of ether oxygens (including phenoxy) is 2. The van der Waals surface area contributed by atoms with Crippen LogP contribution in [0.3, 0.4) is 0 Å². The Morgan fingerprint density at radius 3 is 2.64 bits per heavy atom. The van der Waals surface area contributed by atoms with E-state index in [1.165, 1.54) is 24.8 Å². The summed E-state index contributed by atoms with van der Waals surface area (Å²) in [4.78, 5) is 31.8. The number of piperidine rings is 1. The molecule has 3 aromatic rings. The van der Waals surface area contributed by atoms with Crippen molar-refractivity contribution in [2.75, 3.05) is 39.4 Å². The summed E-state index contributed by atoms with van der Waals surface area (Å²) in [5.74, 6) is 0.248. The molecule has 6 rings (SSSR count). The molecule has 1 unspecified atom stereocenters. The van der Waals surface area contributed by atoms with Crippen LogP contribution in [0.1, 0.15) is 80.8 Å². The molecule has 0 aliphatic carbocycles. The molecule has 1 atom stereocenters. The van der Waals surface area contributed by atoms with Crippen molar-refractivity contribution in [1.29, 1.82) is 0 Å². The predicted octanol–water partition coefficient (Wildman–Crippen LogP) is 6.20. The van der Waals surface area contributed by atoms with Crippen molar-refractivity contribution in [3.05, 3.63) is 52.0 Å². The fraction of sp³-hybridized carbons (Fsp3) is 0.543. The van der Waals surface area contributed by atoms with Crippen LogP contribution in [-0.2, 0) is 17.8 Å². The van der Waals surface area contributed by atoms with E-state index in [1.54, 1.807) is 10.6 Å². The number of amides is 1. The summed E-state index contributed by atoms with van der Waals surface area (Å²) in [7, 11) is 0. The number of hydrogen-bond acceptors (Lipinski definition) is 7. The largest absolute Gasteiger partial charge is 0.492 e. The topological polar surface area (TPSA) is 96.3 Å². The van der Waals surface area contributed by atoms with Gasteiger partial charge in [0.2, 0.25) is 0 Å². The van der Waals surface area contributed by atoms with Gasteiger partial charge in [-0.1, -0.05) is 24.1 Å². The maximum atomic E-state index is 13.8. The van der Waals surface area contributed by atoms with Crippen molar-refractivity contribution in [3.8, 4) is 17.0 Å². The fourth-order valence-electron chi connectivity index (χ4n) is 6.96. The van der Waals surface area contributed by atoms with E-state index in [9.17, 15) is 14.7 Å². The molecule has 2 N–H and O–H groups in total. The lowest BCUT2D eigenvalue weighted by Crippen LogP contribution is -2.33. The SMILES string of the molecule is CC(C)(C)OC(=O)n1c(-c2cc(OCCCN3CCCC3CO)c(Cl)c3c2C(=O)NC3)cc2cc(CN3CCCCC3)ccc21. The van der Waals surface area contributed by atoms with Crippen molar-refractivity contribution < 1.29 is 24.2 Å². The lowest BCUT2D eigenvalue weighted by molar-refractivity contribution is 0.0546. The second kappa shape index (κ2) is 13.3. The normalized spacial score (nSPS) is 19.2. The fourth-order valence-corrected chi connectivity index (χ4v) is 7.23. The number of likely N-dealkylation sites (tertiary alicyclic amines) is 2. The van der Waals surface area contributed by atoms with E-state index in [-0.39, 0.29) is 25.1 Å². The van der Waals surface area contributed by atoms with Crippen LogP contribution in [-0.4, -0.2) is 82.5 Å². The summed E-state index contributed by atoms with van der Waals surface area (Å²) in [6.45, 7) is 11.3. The van der Waals surface area contributed by atoms with Crippen molar-refractivity contribution in [3.63, 3.8) is 0 Å². The number of rotatable bonds is 9. The number of aliphatic hydroxyl groups is 1. The van der Waals surface area contributed by atoms with Crippen molar-refractivity contribution >= 4 is 34.5 Å². The van der Waals surface area contributed by atoms with E-state index in [0.29, 0.717) is 39.8 Å². The first-order valence-electron chi connectivity index (χ1n) is 16.3. The number of aromatic nitrogens is 1. The molecule has 1 aromatic heterocycles. The van der Waals surface area contributed by atoms with Gasteiger partial charge in [-0.15, -0.1) is 0 Å². The highest BCUT2D eigenvalue weighted by Gasteiger charge is 2.32. The summed E-state index contributed by atoms with van der Waals surface area (Å²) >= 11 is 6.85. The van der Waals surface area contributed by atoms with Crippen LogP contribution in [0.5, 0.6) is 5.75 Å². The molecule has 4 heterocycles. The van der Waals surface area contributed by atoms with Gasteiger partial charge in [-0.05, 0) is 102 Å². The summed E-state index contributed by atoms with van der Waals surface area (Å²) in [5, 5.41) is 13.9. The predicted molar refractivity (Wildman–Crippen MR) is 176 cm³/mol. The van der Waals surface area contributed by atoms with E-state index in [2.05, 4.69) is 27.2 Å². The van der Waals surface area contributed by atoms with Gasteiger partial charge in [0.05, 0.1) is 35.0 Å². The minimum atomic E-state index is -0.711. The van der Waals surface area contributed by atoms with Gasteiger partial charge in [0.1, 0.15) is 11.4 Å². The second-order valence-electron chi connectivity index (χ2n) is 13.6. The molecule has 10 heteroatoms. The first kappa shape index (κ1) is 31.9. The van der Waals surface area contributed by atoms with Crippen molar-refractivity contribution in [1.82, 2.24) is 19.7 Å². The molecule has 3 aliphatic rings. The van der Waals surface area contributed by atoms with Gasteiger partial charge < -0.3 is 19.9 Å². The number of nitrogens with zero attached hydrogens (tertiary/aromatic N) is 3. The lowest BCUT2D eigenvalue weighted by atomic mass is 9.99. The van der Waals surface area contributed by atoms with E-state index in [0.717, 1.165) is 62.9 Å². The molecular formula is C35H45ClN4O5. The Labute approximate surface area is 270 Å². The highest BCUT2D eigenvalue weighted by molar-refractivity contribution is 6.34. The molecule has 0 spiro atoms. The zero-order chi connectivity index (χ0) is 31.7. The Balaban J connectivity index is 1.37. The molecule has 2 saturated heterocycles. The van der Waals surface area contributed by atoms with Crippen LogP contribution in [0.4, 0.5) is 4.79 Å². The molecule has 0 radical (unpaired) electrons. The average Bonchev–Trinajstić information content (AvgIpc) is 3.73. The zero-order valence-corrected chi connectivity index (χ0v) is 27.4. The smallest absolute Gasteiger partial charge is 0.419 e. The third-order valence-corrected chi connectivity index (χ3v) is 9.52. The maximum Gasteiger partial charge on any atom is 0.419 e. The van der Waals surface area contributed by atoms with E-state index >= 15 is 0 Å². The van der Waals surface area contributed by atoms with E-state index < -0.39 is 11.7 Å². The quantitative estimate of drug-likeness (QED) is 0.270. The molecule has 3 aliphatic heterocycles. The van der Waals surface area contributed by atoms with Crippen molar-refractivity contribution in [2.24, 2.45) is 0 Å². The number of benzene rings is 2. The first-order chi connectivity index (χ1) is 21.6. The van der Waals surface area contributed by atoms with Gasteiger partial charge in [0, 0.05) is 42.2 Å². The Morgan fingerprint density at radius 2 is 1.89 bits per heavy atom. The Bertz CT molecular complexity index is 1570. The Hall–Kier alpha value is -3.11.